The van der Waals surface area contributed by atoms with Crippen LogP contribution in [-0.2, 0) is 0 Å². The normalized spacial score (nSPS) is 19.8. The Labute approximate surface area is 108 Å². The van der Waals surface area contributed by atoms with E-state index in [0.717, 1.165) is 12.0 Å². The van der Waals surface area contributed by atoms with Crippen molar-refractivity contribution in [2.75, 3.05) is 26.7 Å². The predicted molar refractivity (Wildman–Crippen MR) is 76.4 cm³/mol. The first-order chi connectivity index (χ1) is 8.24. The maximum absolute atomic E-state index is 3.57. The zero-order valence-electron chi connectivity index (χ0n) is 12.2. The highest BCUT2D eigenvalue weighted by Crippen LogP contribution is 2.21. The third-order valence-corrected chi connectivity index (χ3v) is 4.25. The second kappa shape index (κ2) is 8.93. The highest BCUT2D eigenvalue weighted by atomic mass is 15.1. The molecule has 1 saturated carbocycles. The SMILES string of the molecule is CCC(C)CNCCCN(C)C1CCCCC1. The molecule has 1 aliphatic rings. The van der Waals surface area contributed by atoms with Crippen molar-refractivity contribution in [1.82, 2.24) is 10.2 Å². The summed E-state index contributed by atoms with van der Waals surface area (Å²) in [5.74, 6) is 0.825. The van der Waals surface area contributed by atoms with Gasteiger partial charge in [-0.1, -0.05) is 39.5 Å². The molecule has 0 amide bonds. The van der Waals surface area contributed by atoms with E-state index >= 15 is 0 Å². The molecular formula is C15H32N2. The number of hydrogen-bond acceptors (Lipinski definition) is 2. The second-order valence-electron chi connectivity index (χ2n) is 5.84. The smallest absolute Gasteiger partial charge is 0.00922 e. The summed E-state index contributed by atoms with van der Waals surface area (Å²) in [5, 5.41) is 3.57. The van der Waals surface area contributed by atoms with Gasteiger partial charge in [0, 0.05) is 6.04 Å². The molecule has 2 nitrogen and oxygen atoms in total. The summed E-state index contributed by atoms with van der Waals surface area (Å²) in [4.78, 5) is 2.59. The largest absolute Gasteiger partial charge is 0.316 e. The second-order valence-corrected chi connectivity index (χ2v) is 5.84. The third kappa shape index (κ3) is 6.42. The maximum Gasteiger partial charge on any atom is 0.00922 e. The lowest BCUT2D eigenvalue weighted by Crippen LogP contribution is -2.35. The number of nitrogens with one attached hydrogen (secondary N) is 1. The molecule has 0 spiro atoms. The van der Waals surface area contributed by atoms with Crippen LogP contribution in [0.4, 0.5) is 0 Å². The van der Waals surface area contributed by atoms with Crippen LogP contribution in [0.1, 0.15) is 58.8 Å². The van der Waals surface area contributed by atoms with Crippen molar-refractivity contribution in [3.05, 3.63) is 0 Å². The molecular weight excluding hydrogens is 208 g/mol. The molecule has 0 aromatic rings. The van der Waals surface area contributed by atoms with Crippen molar-refractivity contribution in [1.29, 1.82) is 0 Å². The highest BCUT2D eigenvalue weighted by molar-refractivity contribution is 4.73. The quantitative estimate of drug-likeness (QED) is 0.655. The van der Waals surface area contributed by atoms with E-state index in [1.54, 1.807) is 0 Å². The van der Waals surface area contributed by atoms with Crippen molar-refractivity contribution in [3.8, 4) is 0 Å². The fraction of sp³-hybridized carbons (Fsp3) is 1.00. The van der Waals surface area contributed by atoms with Gasteiger partial charge in [-0.05, 0) is 51.9 Å². The van der Waals surface area contributed by atoms with Gasteiger partial charge in [0.05, 0.1) is 0 Å². The molecule has 102 valence electrons. The van der Waals surface area contributed by atoms with E-state index in [9.17, 15) is 0 Å². The Kier molecular flexibility index (Phi) is 7.87. The van der Waals surface area contributed by atoms with E-state index in [1.165, 1.54) is 64.6 Å². The topological polar surface area (TPSA) is 15.3 Å². The van der Waals surface area contributed by atoms with Crippen molar-refractivity contribution in [3.63, 3.8) is 0 Å². The number of nitrogens with zero attached hydrogens (tertiary/aromatic N) is 1. The van der Waals surface area contributed by atoms with Crippen LogP contribution in [-0.4, -0.2) is 37.6 Å². The summed E-state index contributed by atoms with van der Waals surface area (Å²) in [7, 11) is 2.31. The standard InChI is InChI=1S/C15H32N2/c1-4-14(2)13-16-11-8-12-17(3)15-9-6-5-7-10-15/h14-16H,4-13H2,1-3H3. The molecule has 0 aromatic heterocycles. The average molecular weight is 240 g/mol. The maximum atomic E-state index is 3.57. The summed E-state index contributed by atoms with van der Waals surface area (Å²) >= 11 is 0. The van der Waals surface area contributed by atoms with Gasteiger partial charge in [0.2, 0.25) is 0 Å². The molecule has 1 aliphatic carbocycles. The Morgan fingerprint density at radius 1 is 1.24 bits per heavy atom. The van der Waals surface area contributed by atoms with E-state index in [-0.39, 0.29) is 0 Å². The van der Waals surface area contributed by atoms with E-state index < -0.39 is 0 Å². The Hall–Kier alpha value is -0.0800. The zero-order chi connectivity index (χ0) is 12.5. The minimum absolute atomic E-state index is 0.825. The van der Waals surface area contributed by atoms with Gasteiger partial charge < -0.3 is 10.2 Å². The van der Waals surface area contributed by atoms with Crippen molar-refractivity contribution < 1.29 is 0 Å². The fourth-order valence-electron chi connectivity index (χ4n) is 2.65. The minimum Gasteiger partial charge on any atom is -0.316 e. The van der Waals surface area contributed by atoms with Gasteiger partial charge in [-0.25, -0.2) is 0 Å². The summed E-state index contributed by atoms with van der Waals surface area (Å²) in [6.07, 6.45) is 9.79. The molecule has 0 saturated heterocycles. The monoisotopic (exact) mass is 240 g/mol. The van der Waals surface area contributed by atoms with Gasteiger partial charge in [-0.15, -0.1) is 0 Å². The predicted octanol–water partition coefficient (Wildman–Crippen LogP) is 3.28. The van der Waals surface area contributed by atoms with Crippen LogP contribution in [0.5, 0.6) is 0 Å². The molecule has 1 fully saturated rings. The Bertz CT molecular complexity index is 176. The summed E-state index contributed by atoms with van der Waals surface area (Å²) in [5.41, 5.74) is 0. The lowest BCUT2D eigenvalue weighted by Gasteiger charge is -2.31. The zero-order valence-corrected chi connectivity index (χ0v) is 12.2. The van der Waals surface area contributed by atoms with Crippen LogP contribution >= 0.6 is 0 Å². The van der Waals surface area contributed by atoms with Gasteiger partial charge in [-0.2, -0.15) is 0 Å². The Morgan fingerprint density at radius 2 is 1.94 bits per heavy atom. The molecule has 0 aromatic carbocycles. The summed E-state index contributed by atoms with van der Waals surface area (Å²) in [6.45, 7) is 8.22. The molecule has 0 heterocycles. The summed E-state index contributed by atoms with van der Waals surface area (Å²) < 4.78 is 0. The minimum atomic E-state index is 0.825. The first-order valence-electron chi connectivity index (χ1n) is 7.65. The average Bonchev–Trinajstić information content (AvgIpc) is 2.38. The van der Waals surface area contributed by atoms with Crippen LogP contribution in [0.15, 0.2) is 0 Å². The summed E-state index contributed by atoms with van der Waals surface area (Å²) in [6, 6.07) is 0.873. The van der Waals surface area contributed by atoms with E-state index in [1.807, 2.05) is 0 Å². The fourth-order valence-corrected chi connectivity index (χ4v) is 2.65. The van der Waals surface area contributed by atoms with E-state index in [2.05, 4.69) is 31.1 Å². The van der Waals surface area contributed by atoms with Crippen LogP contribution in [0.3, 0.4) is 0 Å². The number of hydrogen-bond donors (Lipinski definition) is 1. The molecule has 1 rings (SSSR count). The first-order valence-corrected chi connectivity index (χ1v) is 7.65. The van der Waals surface area contributed by atoms with Crippen molar-refractivity contribution in [2.45, 2.75) is 64.8 Å². The molecule has 17 heavy (non-hydrogen) atoms. The van der Waals surface area contributed by atoms with Gasteiger partial charge in [0.25, 0.3) is 0 Å². The molecule has 0 aliphatic heterocycles. The molecule has 2 heteroatoms. The van der Waals surface area contributed by atoms with Crippen LogP contribution in [0, 0.1) is 5.92 Å². The lowest BCUT2D eigenvalue weighted by molar-refractivity contribution is 0.189. The highest BCUT2D eigenvalue weighted by Gasteiger charge is 2.16. The molecule has 1 unspecified atom stereocenters. The van der Waals surface area contributed by atoms with Crippen LogP contribution < -0.4 is 5.32 Å². The third-order valence-electron chi connectivity index (χ3n) is 4.25. The lowest BCUT2D eigenvalue weighted by atomic mass is 9.94. The number of rotatable bonds is 8. The van der Waals surface area contributed by atoms with Crippen molar-refractivity contribution in [2.24, 2.45) is 5.92 Å². The van der Waals surface area contributed by atoms with Crippen LogP contribution in [0.2, 0.25) is 0 Å². The van der Waals surface area contributed by atoms with Crippen molar-refractivity contribution >= 4 is 0 Å². The molecule has 1 atom stereocenters. The first kappa shape index (κ1) is 15.0. The van der Waals surface area contributed by atoms with Gasteiger partial charge in [0.15, 0.2) is 0 Å². The van der Waals surface area contributed by atoms with E-state index in [4.69, 9.17) is 0 Å². The Morgan fingerprint density at radius 3 is 2.59 bits per heavy atom. The van der Waals surface area contributed by atoms with Crippen LogP contribution in [0.25, 0.3) is 0 Å². The van der Waals surface area contributed by atoms with Gasteiger partial charge >= 0.3 is 0 Å². The molecule has 0 bridgehead atoms. The van der Waals surface area contributed by atoms with E-state index in [0.29, 0.717) is 0 Å². The molecule has 0 radical (unpaired) electrons. The Balaban J connectivity index is 1.97. The molecule has 1 N–H and O–H groups in total. The van der Waals surface area contributed by atoms with Gasteiger partial charge in [-0.3, -0.25) is 0 Å². The van der Waals surface area contributed by atoms with Gasteiger partial charge in [0.1, 0.15) is 0 Å².